The summed E-state index contributed by atoms with van der Waals surface area (Å²) in [6.45, 7) is 0.760. The Balaban J connectivity index is 1.84. The maximum absolute atomic E-state index is 12.6. The molecule has 7 nitrogen and oxygen atoms in total. The third-order valence-corrected chi connectivity index (χ3v) is 3.84. The van der Waals surface area contributed by atoms with Crippen molar-refractivity contribution < 1.29 is 37.0 Å². The van der Waals surface area contributed by atoms with E-state index in [0.717, 1.165) is 11.3 Å². The molecule has 1 N–H and O–H groups in total. The molecule has 1 aromatic rings. The van der Waals surface area contributed by atoms with E-state index in [9.17, 15) is 27.6 Å². The van der Waals surface area contributed by atoms with E-state index in [1.807, 2.05) is 24.4 Å². The fourth-order valence-corrected chi connectivity index (χ4v) is 2.73. The molecule has 0 bridgehead atoms. The molecule has 0 spiro atoms. The second-order valence-corrected chi connectivity index (χ2v) is 6.07. The maximum atomic E-state index is 12.6. The third kappa shape index (κ3) is 5.60. The molecule has 1 aromatic carbocycles. The molecule has 0 fully saturated rings. The molecule has 1 heterocycles. The zero-order valence-corrected chi connectivity index (χ0v) is 14.7. The number of halogens is 3. The van der Waals surface area contributed by atoms with Crippen LogP contribution in [0.1, 0.15) is 19.4 Å². The van der Waals surface area contributed by atoms with Crippen LogP contribution in [-0.4, -0.2) is 49.4 Å². The number of esters is 1. The van der Waals surface area contributed by atoms with E-state index < -0.39 is 43.4 Å². The lowest BCUT2D eigenvalue weighted by molar-refractivity contribution is -0.160. The fourth-order valence-electron chi connectivity index (χ4n) is 2.73. The molecule has 27 heavy (non-hydrogen) atoms. The van der Waals surface area contributed by atoms with Crippen LogP contribution in [0.5, 0.6) is 0 Å². The summed E-state index contributed by atoms with van der Waals surface area (Å²) in [5, 5.41) is 1.83. The van der Waals surface area contributed by atoms with Gasteiger partial charge in [0, 0.05) is 11.7 Å². The van der Waals surface area contributed by atoms with Crippen LogP contribution in [0.25, 0.3) is 0 Å². The van der Waals surface area contributed by atoms with Crippen molar-refractivity contribution in [1.82, 2.24) is 5.32 Å². The Bertz CT molecular complexity index is 723. The van der Waals surface area contributed by atoms with E-state index in [0.29, 0.717) is 6.42 Å². The maximum Gasteiger partial charge on any atom is 0.422 e. The first-order valence-corrected chi connectivity index (χ1v) is 8.16. The molecule has 0 saturated carbocycles. The summed E-state index contributed by atoms with van der Waals surface area (Å²) in [6.07, 6.45) is -6.53. The summed E-state index contributed by atoms with van der Waals surface area (Å²) in [6, 6.07) is 7.26. The molecule has 10 heteroatoms. The van der Waals surface area contributed by atoms with E-state index in [1.165, 1.54) is 11.8 Å². The minimum absolute atomic E-state index is 0.105. The number of hydrogen-bond donors (Lipinski definition) is 1. The molecule has 148 valence electrons. The first kappa shape index (κ1) is 20.5. The number of para-hydroxylation sites is 1. The second-order valence-electron chi connectivity index (χ2n) is 6.07. The summed E-state index contributed by atoms with van der Waals surface area (Å²) < 4.78 is 44.6. The molecule has 0 aromatic heterocycles. The number of carbonyl (C=O) groups excluding carboxylic acids is 3. The number of alkyl carbamates (subject to hydrolysis) is 1. The van der Waals surface area contributed by atoms with Gasteiger partial charge in [0.2, 0.25) is 0 Å². The molecule has 1 aliphatic rings. The fraction of sp³-hybridized carbons (Fsp3) is 0.471. The van der Waals surface area contributed by atoms with Crippen molar-refractivity contribution >= 4 is 23.7 Å². The van der Waals surface area contributed by atoms with Gasteiger partial charge in [0.1, 0.15) is 6.54 Å². The Hall–Kier alpha value is -2.78. The van der Waals surface area contributed by atoms with Crippen LogP contribution < -0.4 is 10.2 Å². The van der Waals surface area contributed by atoms with Gasteiger partial charge in [-0.15, -0.1) is 0 Å². The lowest BCUT2D eigenvalue weighted by atomic mass is 10.1. The number of amides is 2. The van der Waals surface area contributed by atoms with E-state index in [4.69, 9.17) is 4.74 Å². The van der Waals surface area contributed by atoms with Crippen molar-refractivity contribution in [2.24, 2.45) is 0 Å². The molecule has 0 radical (unpaired) electrons. The van der Waals surface area contributed by atoms with Crippen LogP contribution >= 0.6 is 0 Å². The number of ether oxygens (including phenoxy) is 2. The highest BCUT2D eigenvalue weighted by Gasteiger charge is 2.34. The van der Waals surface area contributed by atoms with Crippen LogP contribution in [0.4, 0.5) is 23.7 Å². The molecule has 2 atom stereocenters. The first-order chi connectivity index (χ1) is 12.6. The summed E-state index contributed by atoms with van der Waals surface area (Å²) in [5.74, 6) is -1.40. The molecular formula is C17H19F3N2O5. The smallest absolute Gasteiger partial charge is 0.422 e. The zero-order valence-electron chi connectivity index (χ0n) is 14.7. The van der Waals surface area contributed by atoms with Crippen LogP contribution in [0.2, 0.25) is 0 Å². The lowest BCUT2D eigenvalue weighted by Gasteiger charge is -2.25. The zero-order chi connectivity index (χ0) is 20.2. The van der Waals surface area contributed by atoms with Gasteiger partial charge in [0.15, 0.2) is 12.7 Å². The van der Waals surface area contributed by atoms with Gasteiger partial charge in [-0.2, -0.15) is 13.2 Å². The van der Waals surface area contributed by atoms with E-state index >= 15 is 0 Å². The number of benzene rings is 1. The van der Waals surface area contributed by atoms with Crippen molar-refractivity contribution in [2.45, 2.75) is 38.6 Å². The summed E-state index contributed by atoms with van der Waals surface area (Å²) in [7, 11) is 0. The van der Waals surface area contributed by atoms with Gasteiger partial charge in [-0.3, -0.25) is 9.59 Å². The number of rotatable bonds is 5. The summed E-state index contributed by atoms with van der Waals surface area (Å²) >= 11 is 0. The first-order valence-electron chi connectivity index (χ1n) is 8.16. The minimum atomic E-state index is -4.67. The molecule has 1 aliphatic heterocycles. The molecule has 0 unspecified atom stereocenters. The molecule has 2 amide bonds. The Morgan fingerprint density at radius 2 is 1.96 bits per heavy atom. The monoisotopic (exact) mass is 388 g/mol. The van der Waals surface area contributed by atoms with Crippen molar-refractivity contribution in [3.05, 3.63) is 29.8 Å². The van der Waals surface area contributed by atoms with Gasteiger partial charge < -0.3 is 19.7 Å². The van der Waals surface area contributed by atoms with Crippen molar-refractivity contribution in [2.75, 3.05) is 18.1 Å². The molecule has 0 aliphatic carbocycles. The van der Waals surface area contributed by atoms with Gasteiger partial charge in [-0.25, -0.2) is 4.79 Å². The molecule has 2 rings (SSSR count). The quantitative estimate of drug-likeness (QED) is 0.782. The van der Waals surface area contributed by atoms with Crippen LogP contribution in [0.15, 0.2) is 24.3 Å². The Labute approximate surface area is 153 Å². The average molecular weight is 388 g/mol. The van der Waals surface area contributed by atoms with Gasteiger partial charge in [-0.05, 0) is 31.9 Å². The van der Waals surface area contributed by atoms with Crippen molar-refractivity contribution in [3.63, 3.8) is 0 Å². The Kier molecular flexibility index (Phi) is 6.29. The van der Waals surface area contributed by atoms with Crippen molar-refractivity contribution in [3.8, 4) is 0 Å². The number of carbonyl (C=O) groups is 3. The molecule has 0 saturated heterocycles. The van der Waals surface area contributed by atoms with Crippen LogP contribution in [-0.2, 0) is 25.5 Å². The normalized spacial score (nSPS) is 17.1. The van der Waals surface area contributed by atoms with Crippen molar-refractivity contribution in [1.29, 1.82) is 0 Å². The highest BCUT2D eigenvalue weighted by atomic mass is 19.4. The standard InChI is InChI=1S/C17H19F3N2O5/c1-10-7-12-5-3-4-6-13(12)22(10)15(24)11(2)27-14(23)8-21-16(25)26-9-17(18,19)20/h3-6,10-11H,7-9H2,1-2H3,(H,21,25)/t10-,11+/m0/s1. The largest absolute Gasteiger partial charge is 0.451 e. The van der Waals surface area contributed by atoms with Gasteiger partial charge in [0.05, 0.1) is 0 Å². The number of alkyl halides is 3. The van der Waals surface area contributed by atoms with E-state index in [1.54, 1.807) is 12.1 Å². The van der Waals surface area contributed by atoms with Gasteiger partial charge >= 0.3 is 18.2 Å². The van der Waals surface area contributed by atoms with Gasteiger partial charge in [-0.1, -0.05) is 18.2 Å². The van der Waals surface area contributed by atoms with E-state index in [2.05, 4.69) is 4.74 Å². The number of hydrogen-bond acceptors (Lipinski definition) is 5. The van der Waals surface area contributed by atoms with Crippen LogP contribution in [0, 0.1) is 0 Å². The Morgan fingerprint density at radius 1 is 1.30 bits per heavy atom. The predicted octanol–water partition coefficient (Wildman–Crippen LogP) is 2.18. The number of nitrogens with zero attached hydrogens (tertiary/aromatic N) is 1. The highest BCUT2D eigenvalue weighted by molar-refractivity contribution is 5.99. The third-order valence-electron chi connectivity index (χ3n) is 3.84. The SMILES string of the molecule is C[C@@H](OC(=O)CNC(=O)OCC(F)(F)F)C(=O)N1c2ccccc2C[C@@H]1C. The summed E-state index contributed by atoms with van der Waals surface area (Å²) in [4.78, 5) is 37.0. The number of nitrogens with one attached hydrogen (secondary N) is 1. The second kappa shape index (κ2) is 8.28. The highest BCUT2D eigenvalue weighted by Crippen LogP contribution is 2.32. The lowest BCUT2D eigenvalue weighted by Crippen LogP contribution is -2.44. The van der Waals surface area contributed by atoms with Gasteiger partial charge in [0.25, 0.3) is 5.91 Å². The minimum Gasteiger partial charge on any atom is -0.451 e. The number of fused-ring (bicyclic) bond motifs is 1. The molecular weight excluding hydrogens is 369 g/mol. The Morgan fingerprint density at radius 3 is 2.63 bits per heavy atom. The average Bonchev–Trinajstić information content (AvgIpc) is 2.92. The number of anilines is 1. The van der Waals surface area contributed by atoms with E-state index in [-0.39, 0.29) is 6.04 Å². The topological polar surface area (TPSA) is 84.9 Å². The predicted molar refractivity (Wildman–Crippen MR) is 88.1 cm³/mol. The summed E-state index contributed by atoms with van der Waals surface area (Å²) in [5.41, 5.74) is 1.75. The van der Waals surface area contributed by atoms with Crippen LogP contribution in [0.3, 0.4) is 0 Å².